The quantitative estimate of drug-likeness (QED) is 0.274. The van der Waals surface area contributed by atoms with Gasteiger partial charge in [0.1, 0.15) is 0 Å². The maximum Gasteiger partial charge on any atom is 0.306 e. The molecule has 0 atom stereocenters. The van der Waals surface area contributed by atoms with Crippen LogP contribution in [-0.2, 0) is 0 Å². The number of nitro groups is 3. The van der Waals surface area contributed by atoms with Crippen molar-refractivity contribution in [1.29, 1.82) is 0 Å². The minimum Gasteiger partial charge on any atom is -0.378 e. The number of nitro benzene ring substituents is 3. The van der Waals surface area contributed by atoms with Crippen LogP contribution in [0.25, 0.3) is 12.2 Å². The summed E-state index contributed by atoms with van der Waals surface area (Å²) >= 11 is 0. The molecule has 11 nitrogen and oxygen atoms in total. The van der Waals surface area contributed by atoms with E-state index in [1.54, 1.807) is 24.3 Å². The van der Waals surface area contributed by atoms with Gasteiger partial charge in [0.15, 0.2) is 5.69 Å². The molecule has 0 aromatic heterocycles. The predicted molar refractivity (Wildman–Crippen MR) is 126 cm³/mol. The average molecular weight is 449 g/mol. The molecule has 0 heterocycles. The highest BCUT2D eigenvalue weighted by Crippen LogP contribution is 2.40. The monoisotopic (exact) mass is 449 g/mol. The summed E-state index contributed by atoms with van der Waals surface area (Å²) in [6.07, 6.45) is 3.80. The number of benzene rings is 3. The summed E-state index contributed by atoms with van der Waals surface area (Å²) in [5.41, 5.74) is 0.574. The van der Waals surface area contributed by atoms with E-state index in [0.717, 1.165) is 16.8 Å². The van der Waals surface area contributed by atoms with E-state index in [0.29, 0.717) is 17.8 Å². The van der Waals surface area contributed by atoms with Gasteiger partial charge < -0.3 is 10.2 Å². The number of rotatable bonds is 8. The first-order valence-electron chi connectivity index (χ1n) is 9.59. The van der Waals surface area contributed by atoms with Gasteiger partial charge in [-0.05, 0) is 35.4 Å². The summed E-state index contributed by atoms with van der Waals surface area (Å²) < 4.78 is 0. The highest BCUT2D eigenvalue weighted by Gasteiger charge is 2.30. The third kappa shape index (κ3) is 5.47. The summed E-state index contributed by atoms with van der Waals surface area (Å²) in [7, 11) is 3.92. The van der Waals surface area contributed by atoms with Gasteiger partial charge in [-0.3, -0.25) is 30.3 Å². The zero-order valence-electron chi connectivity index (χ0n) is 17.7. The SMILES string of the molecule is CN(C)c1ccc(/C=C/c2ccc(Nc3c([N+](=O)[O-])cc([N+](=O)[O-])cc3[N+](=O)[O-])cc2)cc1. The molecule has 0 aliphatic carbocycles. The number of nitrogens with zero attached hydrogens (tertiary/aromatic N) is 4. The lowest BCUT2D eigenvalue weighted by molar-refractivity contribution is -0.401. The van der Waals surface area contributed by atoms with Crippen LogP contribution in [0.15, 0.2) is 60.7 Å². The molecule has 0 fully saturated rings. The van der Waals surface area contributed by atoms with Crippen molar-refractivity contribution in [2.24, 2.45) is 0 Å². The molecule has 0 saturated heterocycles. The summed E-state index contributed by atoms with van der Waals surface area (Å²) in [6, 6.07) is 16.0. The Kier molecular flexibility index (Phi) is 6.63. The highest BCUT2D eigenvalue weighted by molar-refractivity contribution is 5.81. The fourth-order valence-corrected chi connectivity index (χ4v) is 3.02. The van der Waals surface area contributed by atoms with Gasteiger partial charge in [-0.15, -0.1) is 0 Å². The Bertz CT molecular complexity index is 1200. The standard InChI is InChI=1S/C22H19N5O6/c1-24(2)18-11-7-16(8-12-18)4-3-15-5-9-17(10-6-15)23-22-20(26(30)31)13-19(25(28)29)14-21(22)27(32)33/h3-14,23H,1-2H3/b4-3+. The fraction of sp³-hybridized carbons (Fsp3) is 0.0909. The Balaban J connectivity index is 1.85. The molecule has 0 spiro atoms. The number of anilines is 3. The molecule has 168 valence electrons. The van der Waals surface area contributed by atoms with Crippen LogP contribution in [0.1, 0.15) is 11.1 Å². The van der Waals surface area contributed by atoms with Crippen molar-refractivity contribution in [2.45, 2.75) is 0 Å². The van der Waals surface area contributed by atoms with Gasteiger partial charge >= 0.3 is 11.4 Å². The summed E-state index contributed by atoms with van der Waals surface area (Å²) in [6.45, 7) is 0. The second-order valence-electron chi connectivity index (χ2n) is 7.20. The van der Waals surface area contributed by atoms with E-state index >= 15 is 0 Å². The van der Waals surface area contributed by atoms with E-state index in [1.165, 1.54) is 0 Å². The largest absolute Gasteiger partial charge is 0.378 e. The van der Waals surface area contributed by atoms with E-state index in [9.17, 15) is 30.3 Å². The molecular weight excluding hydrogens is 430 g/mol. The summed E-state index contributed by atoms with van der Waals surface area (Å²) in [4.78, 5) is 33.1. The topological polar surface area (TPSA) is 145 Å². The summed E-state index contributed by atoms with van der Waals surface area (Å²) in [5.74, 6) is 0. The van der Waals surface area contributed by atoms with Gasteiger partial charge in [-0.2, -0.15) is 0 Å². The van der Waals surface area contributed by atoms with E-state index in [-0.39, 0.29) is 0 Å². The number of non-ortho nitro benzene ring substituents is 1. The molecule has 11 heteroatoms. The Morgan fingerprint density at radius 1 is 0.727 bits per heavy atom. The maximum atomic E-state index is 11.4. The smallest absolute Gasteiger partial charge is 0.306 e. The second-order valence-corrected chi connectivity index (χ2v) is 7.20. The predicted octanol–water partition coefficient (Wildman–Crippen LogP) is 5.39. The fourth-order valence-electron chi connectivity index (χ4n) is 3.02. The van der Waals surface area contributed by atoms with Crippen LogP contribution in [0.2, 0.25) is 0 Å². The Labute approximate surface area is 188 Å². The lowest BCUT2D eigenvalue weighted by Crippen LogP contribution is -2.07. The van der Waals surface area contributed by atoms with Crippen molar-refractivity contribution < 1.29 is 14.8 Å². The minimum atomic E-state index is -0.918. The van der Waals surface area contributed by atoms with Gasteiger partial charge in [0.05, 0.1) is 26.9 Å². The van der Waals surface area contributed by atoms with Gasteiger partial charge in [0.25, 0.3) is 5.69 Å². The van der Waals surface area contributed by atoms with Crippen LogP contribution in [0, 0.1) is 30.3 Å². The molecule has 0 aliphatic rings. The van der Waals surface area contributed by atoms with Crippen LogP contribution in [0.4, 0.5) is 34.1 Å². The molecule has 0 amide bonds. The van der Waals surface area contributed by atoms with Gasteiger partial charge in [-0.1, -0.05) is 36.4 Å². The maximum absolute atomic E-state index is 11.4. The van der Waals surface area contributed by atoms with Gasteiger partial charge in [0, 0.05) is 25.5 Å². The molecular formula is C22H19N5O6. The van der Waals surface area contributed by atoms with Crippen LogP contribution < -0.4 is 10.2 Å². The van der Waals surface area contributed by atoms with Crippen molar-refractivity contribution in [3.8, 4) is 0 Å². The molecule has 0 unspecified atom stereocenters. The van der Waals surface area contributed by atoms with Crippen molar-refractivity contribution in [2.75, 3.05) is 24.3 Å². The molecule has 3 rings (SSSR count). The number of hydrogen-bond donors (Lipinski definition) is 1. The van der Waals surface area contributed by atoms with E-state index in [4.69, 9.17) is 0 Å². The first-order chi connectivity index (χ1) is 15.7. The Morgan fingerprint density at radius 2 is 1.18 bits per heavy atom. The van der Waals surface area contributed by atoms with Crippen molar-refractivity contribution in [3.05, 3.63) is 102 Å². The number of hydrogen-bond acceptors (Lipinski definition) is 8. The number of nitrogens with one attached hydrogen (secondary N) is 1. The highest BCUT2D eigenvalue weighted by atomic mass is 16.6. The normalized spacial score (nSPS) is 10.7. The zero-order valence-corrected chi connectivity index (χ0v) is 17.7. The molecule has 3 aromatic rings. The molecule has 0 radical (unpaired) electrons. The van der Waals surface area contributed by atoms with E-state index in [1.807, 2.05) is 55.4 Å². The Morgan fingerprint density at radius 3 is 1.58 bits per heavy atom. The summed E-state index contributed by atoms with van der Waals surface area (Å²) in [5, 5.41) is 36.5. The van der Waals surface area contributed by atoms with Gasteiger partial charge in [0.2, 0.25) is 0 Å². The lowest BCUT2D eigenvalue weighted by Gasteiger charge is -2.11. The van der Waals surface area contributed by atoms with Crippen molar-refractivity contribution in [1.82, 2.24) is 0 Å². The van der Waals surface area contributed by atoms with Crippen LogP contribution >= 0.6 is 0 Å². The zero-order chi connectivity index (χ0) is 24.1. The molecule has 3 aromatic carbocycles. The van der Waals surface area contributed by atoms with Crippen molar-refractivity contribution in [3.63, 3.8) is 0 Å². The molecule has 0 bridgehead atoms. The first kappa shape index (κ1) is 22.9. The van der Waals surface area contributed by atoms with Crippen LogP contribution in [-0.4, -0.2) is 28.9 Å². The third-order valence-corrected chi connectivity index (χ3v) is 4.74. The van der Waals surface area contributed by atoms with E-state index < -0.39 is 37.5 Å². The molecule has 1 N–H and O–H groups in total. The van der Waals surface area contributed by atoms with E-state index in [2.05, 4.69) is 5.32 Å². The van der Waals surface area contributed by atoms with Crippen LogP contribution in [0.5, 0.6) is 0 Å². The Hall–Kier alpha value is -4.80. The second kappa shape index (κ2) is 9.56. The van der Waals surface area contributed by atoms with Crippen LogP contribution in [0.3, 0.4) is 0 Å². The lowest BCUT2D eigenvalue weighted by atomic mass is 10.1. The first-order valence-corrected chi connectivity index (χ1v) is 9.59. The molecule has 33 heavy (non-hydrogen) atoms. The van der Waals surface area contributed by atoms with Gasteiger partial charge in [-0.25, -0.2) is 0 Å². The minimum absolute atomic E-state index is 0.350. The average Bonchev–Trinajstić information content (AvgIpc) is 2.78. The third-order valence-electron chi connectivity index (χ3n) is 4.74. The molecule has 0 saturated carbocycles. The molecule has 0 aliphatic heterocycles. The van der Waals surface area contributed by atoms with Crippen molar-refractivity contribution >= 4 is 46.3 Å².